The third-order valence-corrected chi connectivity index (χ3v) is 5.88. The van der Waals surface area contributed by atoms with Gasteiger partial charge >= 0.3 is 5.97 Å². The number of allylic oxidation sites excluding steroid dienone is 2. The van der Waals surface area contributed by atoms with E-state index in [9.17, 15) is 14.4 Å². The van der Waals surface area contributed by atoms with Crippen molar-refractivity contribution in [1.29, 1.82) is 0 Å². The molecule has 0 fully saturated rings. The quantitative estimate of drug-likeness (QED) is 0.244. The number of halogens is 1. The molecule has 1 N–H and O–H groups in total. The maximum Gasteiger partial charge on any atom is 0.333 e. The monoisotopic (exact) mass is 493 g/mol. The summed E-state index contributed by atoms with van der Waals surface area (Å²) < 4.78 is 5.42. The van der Waals surface area contributed by atoms with E-state index in [0.29, 0.717) is 41.1 Å². The zero-order valence-corrected chi connectivity index (χ0v) is 21.0. The van der Waals surface area contributed by atoms with Crippen LogP contribution in [0, 0.1) is 0 Å². The molecule has 0 radical (unpaired) electrons. The number of likely N-dealkylation sites (N-methyl/N-ethyl adjacent to an activating group) is 1. The fourth-order valence-corrected chi connectivity index (χ4v) is 3.86. The first-order valence-corrected chi connectivity index (χ1v) is 11.6. The third kappa shape index (κ3) is 6.05. The molecule has 7 nitrogen and oxygen atoms in total. The number of nitrogens with one attached hydrogen (secondary N) is 1. The maximum absolute atomic E-state index is 12.7. The molecular formula is C27H28ClN3O4. The molecule has 35 heavy (non-hydrogen) atoms. The summed E-state index contributed by atoms with van der Waals surface area (Å²) in [6, 6.07) is 14.5. The SMILES string of the molecule is CCC(C(=O)OCCN(C)c1ccc(/N=C2\C=C(C(=O)NCl)C(=O)c3ccccc32)cc1)=C(C)C. The van der Waals surface area contributed by atoms with Gasteiger partial charge in [-0.1, -0.05) is 36.8 Å². The first kappa shape index (κ1) is 25.9. The van der Waals surface area contributed by atoms with Crippen LogP contribution in [0.1, 0.15) is 43.1 Å². The lowest BCUT2D eigenvalue weighted by atomic mass is 9.88. The van der Waals surface area contributed by atoms with E-state index in [1.165, 1.54) is 6.08 Å². The van der Waals surface area contributed by atoms with Crippen LogP contribution in [0.15, 0.2) is 76.3 Å². The Balaban J connectivity index is 1.74. The molecule has 0 atom stereocenters. The molecule has 0 aliphatic heterocycles. The molecule has 8 heteroatoms. The average molecular weight is 494 g/mol. The number of ether oxygens (including phenoxy) is 1. The average Bonchev–Trinajstić information content (AvgIpc) is 2.85. The highest BCUT2D eigenvalue weighted by molar-refractivity contribution is 6.38. The van der Waals surface area contributed by atoms with E-state index in [2.05, 4.69) is 4.99 Å². The predicted molar refractivity (Wildman–Crippen MR) is 138 cm³/mol. The molecule has 0 aromatic heterocycles. The van der Waals surface area contributed by atoms with Crippen LogP contribution in [-0.4, -0.2) is 43.6 Å². The Bertz CT molecular complexity index is 1230. The Kier molecular flexibility index (Phi) is 8.60. The van der Waals surface area contributed by atoms with Gasteiger partial charge in [-0.3, -0.25) is 14.4 Å². The highest BCUT2D eigenvalue weighted by Gasteiger charge is 2.28. The summed E-state index contributed by atoms with van der Waals surface area (Å²) in [4.78, 5) is 45.6. The summed E-state index contributed by atoms with van der Waals surface area (Å²) in [6.45, 7) is 6.56. The number of rotatable bonds is 8. The van der Waals surface area contributed by atoms with Crippen molar-refractivity contribution in [3.63, 3.8) is 0 Å². The van der Waals surface area contributed by atoms with Crippen molar-refractivity contribution in [3.8, 4) is 0 Å². The van der Waals surface area contributed by atoms with Crippen LogP contribution < -0.4 is 9.74 Å². The first-order chi connectivity index (χ1) is 16.8. The zero-order chi connectivity index (χ0) is 25.5. The van der Waals surface area contributed by atoms with Crippen molar-refractivity contribution in [2.24, 2.45) is 4.99 Å². The number of carbonyl (C=O) groups excluding carboxylic acids is 3. The number of hydrogen-bond donors (Lipinski definition) is 1. The van der Waals surface area contributed by atoms with Crippen LogP contribution in [0.5, 0.6) is 0 Å². The molecule has 0 unspecified atom stereocenters. The van der Waals surface area contributed by atoms with Gasteiger partial charge in [0.1, 0.15) is 6.61 Å². The van der Waals surface area contributed by atoms with Crippen molar-refractivity contribution in [1.82, 2.24) is 4.84 Å². The summed E-state index contributed by atoms with van der Waals surface area (Å²) in [6.07, 6.45) is 2.10. The van der Waals surface area contributed by atoms with Crippen LogP contribution in [0.3, 0.4) is 0 Å². The number of amides is 1. The van der Waals surface area contributed by atoms with Gasteiger partial charge in [0.2, 0.25) is 0 Å². The van der Waals surface area contributed by atoms with Crippen molar-refractivity contribution < 1.29 is 19.1 Å². The third-order valence-electron chi connectivity index (χ3n) is 5.71. The Hall–Kier alpha value is -3.71. The second-order valence-corrected chi connectivity index (χ2v) is 8.45. The summed E-state index contributed by atoms with van der Waals surface area (Å²) in [7, 11) is 1.92. The second kappa shape index (κ2) is 11.6. The molecule has 0 saturated heterocycles. The Morgan fingerprint density at radius 2 is 1.71 bits per heavy atom. The molecule has 0 spiro atoms. The van der Waals surface area contributed by atoms with E-state index in [0.717, 1.165) is 11.3 Å². The van der Waals surface area contributed by atoms with Crippen LogP contribution in [0.2, 0.25) is 0 Å². The lowest BCUT2D eigenvalue weighted by Crippen LogP contribution is -2.27. The minimum Gasteiger partial charge on any atom is -0.460 e. The lowest BCUT2D eigenvalue weighted by Gasteiger charge is -2.20. The number of fused-ring (bicyclic) bond motifs is 1. The molecule has 2 aromatic rings. The minimum absolute atomic E-state index is 0.0670. The van der Waals surface area contributed by atoms with E-state index < -0.39 is 11.7 Å². The van der Waals surface area contributed by atoms with E-state index in [1.807, 2.05) is 67.9 Å². The van der Waals surface area contributed by atoms with Gasteiger partial charge in [0.25, 0.3) is 5.91 Å². The highest BCUT2D eigenvalue weighted by atomic mass is 35.5. The summed E-state index contributed by atoms with van der Waals surface area (Å²) in [5, 5.41) is 0. The van der Waals surface area contributed by atoms with E-state index in [4.69, 9.17) is 16.5 Å². The Morgan fingerprint density at radius 3 is 2.31 bits per heavy atom. The number of Topliss-reactive ketones (excluding diaryl/α,β-unsaturated/α-hetero) is 1. The second-order valence-electron chi connectivity index (χ2n) is 8.26. The summed E-state index contributed by atoms with van der Waals surface area (Å²) in [5.41, 5.74) is 4.74. The Labute approximate surface area is 210 Å². The van der Waals surface area contributed by atoms with Crippen LogP contribution in [0.4, 0.5) is 11.4 Å². The van der Waals surface area contributed by atoms with Crippen molar-refractivity contribution in [3.05, 3.63) is 82.5 Å². The number of aliphatic imine (C=N–C) groups is 1. The van der Waals surface area contributed by atoms with Crippen molar-refractivity contribution in [2.45, 2.75) is 27.2 Å². The Morgan fingerprint density at radius 1 is 1.06 bits per heavy atom. The lowest BCUT2D eigenvalue weighted by molar-refractivity contribution is -0.138. The molecule has 2 aromatic carbocycles. The van der Waals surface area contributed by atoms with Gasteiger partial charge in [0.15, 0.2) is 5.78 Å². The smallest absolute Gasteiger partial charge is 0.333 e. The molecule has 0 bridgehead atoms. The molecular weight excluding hydrogens is 466 g/mol. The molecule has 3 rings (SSSR count). The molecule has 1 amide bonds. The number of carbonyl (C=O) groups is 3. The van der Waals surface area contributed by atoms with Crippen molar-refractivity contribution >= 4 is 46.5 Å². The maximum atomic E-state index is 12.7. The van der Waals surface area contributed by atoms with Gasteiger partial charge in [-0.2, -0.15) is 0 Å². The number of anilines is 1. The summed E-state index contributed by atoms with van der Waals surface area (Å²) >= 11 is 5.46. The predicted octanol–water partition coefficient (Wildman–Crippen LogP) is 4.93. The summed E-state index contributed by atoms with van der Waals surface area (Å²) in [5.74, 6) is -1.34. The molecule has 0 heterocycles. The molecule has 0 saturated carbocycles. The number of benzene rings is 2. The number of nitrogens with zero attached hydrogens (tertiary/aromatic N) is 2. The van der Waals surface area contributed by atoms with Crippen LogP contribution in [-0.2, 0) is 14.3 Å². The molecule has 182 valence electrons. The zero-order valence-electron chi connectivity index (χ0n) is 20.2. The van der Waals surface area contributed by atoms with E-state index in [1.54, 1.807) is 18.2 Å². The van der Waals surface area contributed by atoms with Gasteiger partial charge in [0, 0.05) is 41.2 Å². The number of ketones is 1. The minimum atomic E-state index is -0.674. The molecule has 1 aliphatic carbocycles. The normalized spacial score (nSPS) is 13.6. The van der Waals surface area contributed by atoms with Gasteiger partial charge in [0.05, 0.1) is 23.5 Å². The van der Waals surface area contributed by atoms with Gasteiger partial charge in [-0.25, -0.2) is 9.79 Å². The highest BCUT2D eigenvalue weighted by Crippen LogP contribution is 2.26. The fourth-order valence-electron chi connectivity index (χ4n) is 3.76. The number of esters is 1. The molecule has 1 aliphatic rings. The topological polar surface area (TPSA) is 88.1 Å². The van der Waals surface area contributed by atoms with Crippen molar-refractivity contribution in [2.75, 3.05) is 25.1 Å². The van der Waals surface area contributed by atoms with E-state index in [-0.39, 0.29) is 18.1 Å². The van der Waals surface area contributed by atoms with E-state index >= 15 is 0 Å². The van der Waals surface area contributed by atoms with Crippen LogP contribution in [0.25, 0.3) is 0 Å². The van der Waals surface area contributed by atoms with Crippen LogP contribution >= 0.6 is 11.8 Å². The number of hydrogen-bond acceptors (Lipinski definition) is 6. The standard InChI is InChI=1S/C27H28ClN3O4/c1-5-20(17(2)3)27(34)35-15-14-31(4)19-12-10-18(11-13-19)29-24-16-23(26(33)30-28)25(32)22-9-7-6-8-21(22)24/h6-13,16H,5,14-15H2,1-4H3,(H,30,33)/b29-24+. The first-order valence-electron chi connectivity index (χ1n) is 11.3. The largest absolute Gasteiger partial charge is 0.460 e. The van der Waals surface area contributed by atoms with Gasteiger partial charge in [-0.15, -0.1) is 0 Å². The van der Waals surface area contributed by atoms with Gasteiger partial charge in [-0.05, 0) is 50.6 Å². The fraction of sp³-hybridized carbons (Fsp3) is 0.259. The van der Waals surface area contributed by atoms with Gasteiger partial charge < -0.3 is 9.64 Å².